The Bertz CT molecular complexity index is 862. The molecule has 2 aromatic carbocycles. The lowest BCUT2D eigenvalue weighted by Gasteiger charge is -2.12. The van der Waals surface area contributed by atoms with Gasteiger partial charge in [-0.2, -0.15) is 0 Å². The standard InChI is InChI=1S/C23H25NO3/c1-5-16(4)26-20-12-6-17(7-13-20)14-21-23(25)27-22(24-21)19-10-8-18(9-11-19)15(2)3/h6-16H,5H2,1-4H3/b21-14-. The van der Waals surface area contributed by atoms with Gasteiger partial charge < -0.3 is 9.47 Å². The number of nitrogens with zero attached hydrogens (tertiary/aromatic N) is 1. The molecule has 0 fully saturated rings. The quantitative estimate of drug-likeness (QED) is 0.515. The van der Waals surface area contributed by atoms with Crippen molar-refractivity contribution in [3.8, 4) is 5.75 Å². The number of rotatable bonds is 6. The molecule has 140 valence electrons. The summed E-state index contributed by atoms with van der Waals surface area (Å²) in [6.07, 6.45) is 2.85. The lowest BCUT2D eigenvalue weighted by molar-refractivity contribution is -0.129. The van der Waals surface area contributed by atoms with Crippen molar-refractivity contribution in [2.45, 2.75) is 46.1 Å². The molecule has 0 aliphatic carbocycles. The zero-order valence-electron chi connectivity index (χ0n) is 16.2. The molecule has 3 rings (SSSR count). The van der Waals surface area contributed by atoms with E-state index < -0.39 is 5.97 Å². The molecule has 4 nitrogen and oxygen atoms in total. The normalized spacial score (nSPS) is 16.4. The number of carbonyl (C=O) groups excluding carboxylic acids is 1. The molecule has 0 spiro atoms. The summed E-state index contributed by atoms with van der Waals surface area (Å²) >= 11 is 0. The smallest absolute Gasteiger partial charge is 0.363 e. The van der Waals surface area contributed by atoms with Gasteiger partial charge >= 0.3 is 5.97 Å². The van der Waals surface area contributed by atoms with Crippen molar-refractivity contribution in [1.29, 1.82) is 0 Å². The molecule has 1 unspecified atom stereocenters. The summed E-state index contributed by atoms with van der Waals surface area (Å²) in [6, 6.07) is 15.5. The van der Waals surface area contributed by atoms with Crippen LogP contribution in [0.15, 0.2) is 59.2 Å². The lowest BCUT2D eigenvalue weighted by atomic mass is 10.0. The number of hydrogen-bond donors (Lipinski definition) is 0. The van der Waals surface area contributed by atoms with Crippen LogP contribution in [0, 0.1) is 0 Å². The Morgan fingerprint density at radius 2 is 1.70 bits per heavy atom. The van der Waals surface area contributed by atoms with E-state index in [-0.39, 0.29) is 6.10 Å². The Balaban J connectivity index is 1.77. The number of hydrogen-bond acceptors (Lipinski definition) is 4. The van der Waals surface area contributed by atoms with E-state index in [1.807, 2.05) is 55.5 Å². The Morgan fingerprint density at radius 1 is 1.04 bits per heavy atom. The monoisotopic (exact) mass is 363 g/mol. The minimum absolute atomic E-state index is 0.174. The van der Waals surface area contributed by atoms with Crippen molar-refractivity contribution in [2.24, 2.45) is 4.99 Å². The topological polar surface area (TPSA) is 47.9 Å². The molecule has 1 heterocycles. The number of aliphatic imine (C=N–C) groups is 1. The number of esters is 1. The van der Waals surface area contributed by atoms with E-state index in [0.29, 0.717) is 17.5 Å². The molecule has 0 saturated carbocycles. The van der Waals surface area contributed by atoms with Crippen LogP contribution in [-0.2, 0) is 9.53 Å². The highest BCUT2D eigenvalue weighted by atomic mass is 16.6. The first-order valence-electron chi connectivity index (χ1n) is 9.36. The number of benzene rings is 2. The molecule has 0 radical (unpaired) electrons. The minimum Gasteiger partial charge on any atom is -0.491 e. The molecule has 1 aliphatic rings. The zero-order valence-corrected chi connectivity index (χ0v) is 16.2. The van der Waals surface area contributed by atoms with E-state index in [4.69, 9.17) is 9.47 Å². The van der Waals surface area contributed by atoms with Crippen LogP contribution >= 0.6 is 0 Å². The van der Waals surface area contributed by atoms with Crippen molar-refractivity contribution >= 4 is 17.9 Å². The third kappa shape index (κ3) is 4.64. The molecule has 4 heteroatoms. The molecule has 0 N–H and O–H groups in total. The lowest BCUT2D eigenvalue weighted by Crippen LogP contribution is -2.09. The van der Waals surface area contributed by atoms with Crippen molar-refractivity contribution in [3.63, 3.8) is 0 Å². The molecular formula is C23H25NO3. The maximum atomic E-state index is 12.2. The van der Waals surface area contributed by atoms with Crippen LogP contribution in [-0.4, -0.2) is 18.0 Å². The van der Waals surface area contributed by atoms with E-state index in [2.05, 4.69) is 25.8 Å². The van der Waals surface area contributed by atoms with Gasteiger partial charge in [-0.1, -0.05) is 45.0 Å². The van der Waals surface area contributed by atoms with Crippen molar-refractivity contribution in [1.82, 2.24) is 0 Å². The first-order valence-corrected chi connectivity index (χ1v) is 9.36. The number of carbonyl (C=O) groups is 1. The Labute approximate surface area is 160 Å². The average molecular weight is 363 g/mol. The maximum absolute atomic E-state index is 12.2. The highest BCUT2D eigenvalue weighted by Gasteiger charge is 2.24. The molecule has 0 bridgehead atoms. The molecule has 2 aromatic rings. The van der Waals surface area contributed by atoms with Crippen LogP contribution in [0.2, 0.25) is 0 Å². The van der Waals surface area contributed by atoms with Crippen LogP contribution in [0.1, 0.15) is 56.7 Å². The van der Waals surface area contributed by atoms with E-state index in [0.717, 1.165) is 23.3 Å². The average Bonchev–Trinajstić information content (AvgIpc) is 3.03. The molecule has 0 amide bonds. The Kier molecular flexibility index (Phi) is 5.75. The van der Waals surface area contributed by atoms with Gasteiger partial charge in [0.1, 0.15) is 5.75 Å². The van der Waals surface area contributed by atoms with Crippen LogP contribution in [0.5, 0.6) is 5.75 Å². The van der Waals surface area contributed by atoms with Crippen LogP contribution in [0.3, 0.4) is 0 Å². The minimum atomic E-state index is -0.433. The number of cyclic esters (lactones) is 1. The fourth-order valence-corrected chi connectivity index (χ4v) is 2.66. The van der Waals surface area contributed by atoms with Crippen LogP contribution in [0.4, 0.5) is 0 Å². The summed E-state index contributed by atoms with van der Waals surface area (Å²) in [5.41, 5.74) is 3.21. The fourth-order valence-electron chi connectivity index (χ4n) is 2.66. The fraction of sp³-hybridized carbons (Fsp3) is 0.304. The first-order chi connectivity index (χ1) is 13.0. The van der Waals surface area contributed by atoms with Crippen LogP contribution < -0.4 is 4.74 Å². The zero-order chi connectivity index (χ0) is 19.4. The van der Waals surface area contributed by atoms with E-state index in [9.17, 15) is 4.79 Å². The highest BCUT2D eigenvalue weighted by Crippen LogP contribution is 2.22. The van der Waals surface area contributed by atoms with Gasteiger partial charge in [0.2, 0.25) is 5.90 Å². The van der Waals surface area contributed by atoms with Gasteiger partial charge in [0, 0.05) is 5.56 Å². The predicted molar refractivity (Wildman–Crippen MR) is 108 cm³/mol. The largest absolute Gasteiger partial charge is 0.491 e. The van der Waals surface area contributed by atoms with Gasteiger partial charge in [0.15, 0.2) is 5.70 Å². The summed E-state index contributed by atoms with van der Waals surface area (Å²) in [6.45, 7) is 8.40. The van der Waals surface area contributed by atoms with Gasteiger partial charge in [-0.15, -0.1) is 0 Å². The molecule has 27 heavy (non-hydrogen) atoms. The van der Waals surface area contributed by atoms with Crippen molar-refractivity contribution < 1.29 is 14.3 Å². The number of ether oxygens (including phenoxy) is 2. The summed E-state index contributed by atoms with van der Waals surface area (Å²) in [4.78, 5) is 16.5. The maximum Gasteiger partial charge on any atom is 0.363 e. The third-order valence-electron chi connectivity index (χ3n) is 4.54. The molecular weight excluding hydrogens is 338 g/mol. The van der Waals surface area contributed by atoms with E-state index in [1.165, 1.54) is 5.56 Å². The Hall–Kier alpha value is -2.88. The summed E-state index contributed by atoms with van der Waals surface area (Å²) < 4.78 is 11.1. The van der Waals surface area contributed by atoms with Crippen molar-refractivity contribution in [3.05, 3.63) is 70.9 Å². The van der Waals surface area contributed by atoms with Gasteiger partial charge in [0.25, 0.3) is 0 Å². The molecule has 1 atom stereocenters. The predicted octanol–water partition coefficient (Wildman–Crippen LogP) is 5.33. The third-order valence-corrected chi connectivity index (χ3v) is 4.54. The second-order valence-electron chi connectivity index (χ2n) is 7.02. The van der Waals surface area contributed by atoms with Crippen molar-refractivity contribution in [2.75, 3.05) is 0 Å². The Morgan fingerprint density at radius 3 is 2.30 bits per heavy atom. The second-order valence-corrected chi connectivity index (χ2v) is 7.02. The summed E-state index contributed by atoms with van der Waals surface area (Å²) in [5, 5.41) is 0. The van der Waals surface area contributed by atoms with Gasteiger partial charge in [-0.05, 0) is 60.7 Å². The van der Waals surface area contributed by atoms with Gasteiger partial charge in [0.05, 0.1) is 6.10 Å². The second kappa shape index (κ2) is 8.21. The summed E-state index contributed by atoms with van der Waals surface area (Å²) in [5.74, 6) is 1.18. The SMILES string of the molecule is CCC(C)Oc1ccc(/C=C2\N=C(c3ccc(C(C)C)cc3)OC2=O)cc1. The van der Waals surface area contributed by atoms with Gasteiger partial charge in [-0.3, -0.25) is 0 Å². The first kappa shape index (κ1) is 18.9. The van der Waals surface area contributed by atoms with Gasteiger partial charge in [-0.25, -0.2) is 9.79 Å². The molecule has 0 saturated heterocycles. The molecule has 1 aliphatic heterocycles. The highest BCUT2D eigenvalue weighted by molar-refractivity contribution is 6.12. The van der Waals surface area contributed by atoms with Crippen LogP contribution in [0.25, 0.3) is 6.08 Å². The van der Waals surface area contributed by atoms with E-state index >= 15 is 0 Å². The van der Waals surface area contributed by atoms with E-state index in [1.54, 1.807) is 6.08 Å². The molecule has 0 aromatic heterocycles. The summed E-state index contributed by atoms with van der Waals surface area (Å²) in [7, 11) is 0.